The summed E-state index contributed by atoms with van der Waals surface area (Å²) in [7, 11) is 1.83. The van der Waals surface area contributed by atoms with E-state index in [0.29, 0.717) is 26.1 Å². The summed E-state index contributed by atoms with van der Waals surface area (Å²) in [5, 5.41) is 14.0. The van der Waals surface area contributed by atoms with Crippen LogP contribution in [-0.4, -0.2) is 57.6 Å². The minimum Gasteiger partial charge on any atom is -0.393 e. The number of aryl methyl sites for hydroxylation is 1. The number of nitrogens with zero attached hydrogens (tertiary/aromatic N) is 3. The van der Waals surface area contributed by atoms with Crippen LogP contribution in [0.25, 0.3) is 6.08 Å². The number of hydrogen-bond donors (Lipinski definition) is 1. The van der Waals surface area contributed by atoms with Gasteiger partial charge in [-0.2, -0.15) is 5.10 Å². The first-order valence-electron chi connectivity index (χ1n) is 8.35. The van der Waals surface area contributed by atoms with Gasteiger partial charge >= 0.3 is 0 Å². The molecule has 1 aliphatic rings. The van der Waals surface area contributed by atoms with Gasteiger partial charge in [0, 0.05) is 37.8 Å². The van der Waals surface area contributed by atoms with Gasteiger partial charge in [-0.1, -0.05) is 30.3 Å². The van der Waals surface area contributed by atoms with Crippen LogP contribution in [0.4, 0.5) is 0 Å². The number of rotatable bonds is 5. The van der Waals surface area contributed by atoms with Crippen molar-refractivity contribution in [3.05, 3.63) is 59.9 Å². The van der Waals surface area contributed by atoms with Gasteiger partial charge in [-0.25, -0.2) is 0 Å². The van der Waals surface area contributed by atoms with E-state index in [0.717, 1.165) is 11.1 Å². The van der Waals surface area contributed by atoms with E-state index >= 15 is 0 Å². The SMILES string of the molecule is Cn1cc(/C=C/C(=O)N2CCOC(CO)(Cc3ccccc3)C2)cn1. The molecule has 0 radical (unpaired) electrons. The fourth-order valence-electron chi connectivity index (χ4n) is 3.06. The van der Waals surface area contributed by atoms with Crippen molar-refractivity contribution in [3.63, 3.8) is 0 Å². The summed E-state index contributed by atoms with van der Waals surface area (Å²) in [5.74, 6) is -0.0851. The molecule has 1 aromatic carbocycles. The van der Waals surface area contributed by atoms with Crippen molar-refractivity contribution in [2.24, 2.45) is 7.05 Å². The molecule has 25 heavy (non-hydrogen) atoms. The summed E-state index contributed by atoms with van der Waals surface area (Å²) in [6.07, 6.45) is 7.42. The molecule has 1 aromatic heterocycles. The lowest BCUT2D eigenvalue weighted by molar-refractivity contribution is -0.153. The van der Waals surface area contributed by atoms with Gasteiger partial charge in [0.1, 0.15) is 5.60 Å². The van der Waals surface area contributed by atoms with Crippen LogP contribution in [0.5, 0.6) is 0 Å². The molecule has 1 atom stereocenters. The van der Waals surface area contributed by atoms with Gasteiger partial charge in [-0.15, -0.1) is 0 Å². The van der Waals surface area contributed by atoms with E-state index in [1.807, 2.05) is 43.6 Å². The molecule has 6 heteroatoms. The number of benzene rings is 1. The quantitative estimate of drug-likeness (QED) is 0.832. The van der Waals surface area contributed by atoms with Crippen LogP contribution in [0.15, 0.2) is 48.8 Å². The second kappa shape index (κ2) is 7.63. The standard InChI is InChI=1S/C19H23N3O3/c1-21-13-17(12-20-21)7-8-18(24)22-9-10-25-19(14-22,15-23)11-16-5-3-2-4-6-16/h2-8,12-13,23H,9-11,14-15H2,1H3/b8-7+. The van der Waals surface area contributed by atoms with Crippen molar-refractivity contribution >= 4 is 12.0 Å². The molecule has 1 amide bonds. The summed E-state index contributed by atoms with van der Waals surface area (Å²) in [4.78, 5) is 14.2. The lowest BCUT2D eigenvalue weighted by Crippen LogP contribution is -2.56. The molecule has 1 saturated heterocycles. The van der Waals surface area contributed by atoms with E-state index in [9.17, 15) is 9.90 Å². The number of hydrogen-bond acceptors (Lipinski definition) is 4. The first kappa shape index (κ1) is 17.4. The summed E-state index contributed by atoms with van der Waals surface area (Å²) in [6, 6.07) is 9.88. The minimum atomic E-state index is -0.753. The molecule has 1 N–H and O–H groups in total. The third kappa shape index (κ3) is 4.35. The van der Waals surface area contributed by atoms with Gasteiger partial charge in [-0.05, 0) is 11.6 Å². The number of carbonyl (C=O) groups excluding carboxylic acids is 1. The first-order valence-corrected chi connectivity index (χ1v) is 8.35. The maximum Gasteiger partial charge on any atom is 0.246 e. The largest absolute Gasteiger partial charge is 0.393 e. The normalized spacial score (nSPS) is 21.0. The monoisotopic (exact) mass is 341 g/mol. The van der Waals surface area contributed by atoms with E-state index in [2.05, 4.69) is 5.10 Å². The van der Waals surface area contributed by atoms with Crippen LogP contribution in [0.1, 0.15) is 11.1 Å². The molecule has 0 spiro atoms. The topological polar surface area (TPSA) is 67.6 Å². The molecular formula is C19H23N3O3. The molecule has 6 nitrogen and oxygen atoms in total. The van der Waals surface area contributed by atoms with Crippen molar-refractivity contribution in [2.45, 2.75) is 12.0 Å². The van der Waals surface area contributed by atoms with Crippen molar-refractivity contribution in [1.82, 2.24) is 14.7 Å². The highest BCUT2D eigenvalue weighted by Crippen LogP contribution is 2.23. The van der Waals surface area contributed by atoms with Gasteiger partial charge in [-0.3, -0.25) is 9.48 Å². The zero-order valence-corrected chi connectivity index (χ0v) is 14.3. The van der Waals surface area contributed by atoms with Crippen LogP contribution >= 0.6 is 0 Å². The molecule has 1 unspecified atom stereocenters. The molecule has 0 aliphatic carbocycles. The average Bonchev–Trinajstić information content (AvgIpc) is 3.06. The van der Waals surface area contributed by atoms with Gasteiger partial charge in [0.15, 0.2) is 0 Å². The Morgan fingerprint density at radius 3 is 2.88 bits per heavy atom. The van der Waals surface area contributed by atoms with E-state index in [-0.39, 0.29) is 12.5 Å². The summed E-state index contributed by atoms with van der Waals surface area (Å²) < 4.78 is 7.57. The maximum absolute atomic E-state index is 12.5. The van der Waals surface area contributed by atoms with Crippen molar-refractivity contribution in [3.8, 4) is 0 Å². The predicted molar refractivity (Wildman–Crippen MR) is 94.7 cm³/mol. The van der Waals surface area contributed by atoms with E-state index in [1.165, 1.54) is 0 Å². The Morgan fingerprint density at radius 1 is 1.40 bits per heavy atom. The summed E-state index contributed by atoms with van der Waals surface area (Å²) in [6.45, 7) is 1.18. The van der Waals surface area contributed by atoms with Crippen LogP contribution in [-0.2, 0) is 23.0 Å². The molecule has 132 valence electrons. The van der Waals surface area contributed by atoms with Crippen LogP contribution in [0.2, 0.25) is 0 Å². The van der Waals surface area contributed by atoms with Gasteiger partial charge in [0.05, 0.1) is 26.0 Å². The molecule has 2 heterocycles. The lowest BCUT2D eigenvalue weighted by atomic mass is 9.93. The summed E-state index contributed by atoms with van der Waals surface area (Å²) >= 11 is 0. The lowest BCUT2D eigenvalue weighted by Gasteiger charge is -2.41. The zero-order valence-electron chi connectivity index (χ0n) is 14.3. The molecule has 0 bridgehead atoms. The predicted octanol–water partition coefficient (Wildman–Crippen LogP) is 1.27. The fourth-order valence-corrected chi connectivity index (χ4v) is 3.06. The Hall–Kier alpha value is -2.44. The molecule has 3 rings (SSSR count). The van der Waals surface area contributed by atoms with Crippen molar-refractivity contribution in [1.29, 1.82) is 0 Å². The fraction of sp³-hybridized carbons (Fsp3) is 0.368. The Kier molecular flexibility index (Phi) is 5.31. The maximum atomic E-state index is 12.5. The Balaban J connectivity index is 1.68. The zero-order chi connectivity index (χ0) is 17.7. The number of morpholine rings is 1. The number of aromatic nitrogens is 2. The van der Waals surface area contributed by atoms with Gasteiger partial charge in [0.25, 0.3) is 0 Å². The minimum absolute atomic E-state index is 0.0851. The highest BCUT2D eigenvalue weighted by atomic mass is 16.5. The Bertz CT molecular complexity index is 741. The van der Waals surface area contributed by atoms with E-state index < -0.39 is 5.60 Å². The highest BCUT2D eigenvalue weighted by molar-refractivity contribution is 5.91. The second-order valence-electron chi connectivity index (χ2n) is 6.39. The Morgan fingerprint density at radius 2 is 2.20 bits per heavy atom. The molecule has 1 fully saturated rings. The summed E-state index contributed by atoms with van der Waals surface area (Å²) in [5.41, 5.74) is 1.20. The molecule has 0 saturated carbocycles. The highest BCUT2D eigenvalue weighted by Gasteiger charge is 2.37. The van der Waals surface area contributed by atoms with E-state index in [1.54, 1.807) is 27.9 Å². The van der Waals surface area contributed by atoms with Crippen LogP contribution < -0.4 is 0 Å². The number of carbonyl (C=O) groups is 1. The third-order valence-electron chi connectivity index (χ3n) is 4.36. The second-order valence-corrected chi connectivity index (χ2v) is 6.39. The van der Waals surface area contributed by atoms with Gasteiger partial charge in [0.2, 0.25) is 5.91 Å². The molecule has 2 aromatic rings. The van der Waals surface area contributed by atoms with Crippen LogP contribution in [0.3, 0.4) is 0 Å². The number of aliphatic hydroxyl groups is 1. The van der Waals surface area contributed by atoms with Crippen molar-refractivity contribution in [2.75, 3.05) is 26.3 Å². The third-order valence-corrected chi connectivity index (χ3v) is 4.36. The Labute approximate surface area is 147 Å². The number of amides is 1. The number of aliphatic hydroxyl groups excluding tert-OH is 1. The smallest absolute Gasteiger partial charge is 0.246 e. The molecule has 1 aliphatic heterocycles. The average molecular weight is 341 g/mol. The number of ether oxygens (including phenoxy) is 1. The van der Waals surface area contributed by atoms with Crippen molar-refractivity contribution < 1.29 is 14.6 Å². The van der Waals surface area contributed by atoms with Crippen LogP contribution in [0, 0.1) is 0 Å². The first-order chi connectivity index (χ1) is 12.1. The molecular weight excluding hydrogens is 318 g/mol. The van der Waals surface area contributed by atoms with E-state index in [4.69, 9.17) is 4.74 Å². The van der Waals surface area contributed by atoms with Gasteiger partial charge < -0.3 is 14.7 Å².